The molecule has 0 unspecified atom stereocenters. The van der Waals surface area contributed by atoms with Crippen LogP contribution in [-0.2, 0) is 6.18 Å². The molecule has 4 rings (SSSR count). The molecule has 1 N–H and O–H groups in total. The van der Waals surface area contributed by atoms with E-state index in [-0.39, 0.29) is 10.8 Å². The maximum absolute atomic E-state index is 13.7. The number of anilines is 1. The van der Waals surface area contributed by atoms with E-state index < -0.39 is 29.3 Å². The maximum atomic E-state index is 13.7. The van der Waals surface area contributed by atoms with Gasteiger partial charge in [-0.1, -0.05) is 16.6 Å². The highest BCUT2D eigenvalue weighted by Gasteiger charge is 2.42. The third-order valence-electron chi connectivity index (χ3n) is 4.12. The fourth-order valence-corrected chi connectivity index (χ4v) is 3.71. The molecule has 0 aliphatic rings. The number of carbonyl (C=O) groups excluding carboxylic acids is 1. The Balaban J connectivity index is 1.67. The molecule has 0 aliphatic carbocycles. The summed E-state index contributed by atoms with van der Waals surface area (Å²) in [4.78, 5) is 16.8. The molecule has 0 aliphatic heterocycles. The van der Waals surface area contributed by atoms with Crippen LogP contribution in [0.2, 0.25) is 0 Å². The van der Waals surface area contributed by atoms with Crippen LogP contribution in [0.3, 0.4) is 0 Å². The van der Waals surface area contributed by atoms with Crippen molar-refractivity contribution in [3.63, 3.8) is 0 Å². The van der Waals surface area contributed by atoms with Crippen molar-refractivity contribution in [2.24, 2.45) is 0 Å². The Bertz CT molecular complexity index is 1250. The third kappa shape index (κ3) is 4.19. The Morgan fingerprint density at radius 3 is 2.61 bits per heavy atom. The van der Waals surface area contributed by atoms with E-state index in [1.54, 1.807) is 18.2 Å². The van der Waals surface area contributed by atoms with Gasteiger partial charge >= 0.3 is 6.18 Å². The normalized spacial score (nSPS) is 11.6. The van der Waals surface area contributed by atoms with Crippen LogP contribution in [-0.4, -0.2) is 32.5 Å². The number of aromatic nitrogens is 4. The van der Waals surface area contributed by atoms with Crippen LogP contribution in [0.15, 0.2) is 42.5 Å². The molecular weight excluding hydrogens is 438 g/mol. The Hall–Kier alpha value is -3.54. The molecule has 0 fully saturated rings. The lowest BCUT2D eigenvalue weighted by atomic mass is 10.2. The van der Waals surface area contributed by atoms with Crippen molar-refractivity contribution in [1.82, 2.24) is 20.0 Å². The number of alkyl halides is 3. The molecule has 0 bridgehead atoms. The van der Waals surface area contributed by atoms with E-state index in [9.17, 15) is 22.4 Å². The number of benzene rings is 2. The maximum Gasteiger partial charge on any atom is 0.435 e. The first-order chi connectivity index (χ1) is 14.8. The van der Waals surface area contributed by atoms with Gasteiger partial charge in [0.25, 0.3) is 5.91 Å². The SMILES string of the molecule is CCOc1ccc2nc(NC(=O)c3nnn(-c4ccc(F)cc4)c3C(F)(F)F)sc2c1. The summed E-state index contributed by atoms with van der Waals surface area (Å²) in [5, 5.41) is 9.30. The molecule has 7 nitrogen and oxygen atoms in total. The van der Waals surface area contributed by atoms with Crippen LogP contribution in [0.5, 0.6) is 5.75 Å². The van der Waals surface area contributed by atoms with Gasteiger partial charge in [-0.3, -0.25) is 10.1 Å². The molecule has 4 aromatic rings. The van der Waals surface area contributed by atoms with Crippen LogP contribution in [0.1, 0.15) is 23.1 Å². The monoisotopic (exact) mass is 451 g/mol. The zero-order chi connectivity index (χ0) is 22.2. The highest BCUT2D eigenvalue weighted by Crippen LogP contribution is 2.34. The average Bonchev–Trinajstić information content (AvgIpc) is 3.32. The molecule has 1 amide bonds. The highest BCUT2D eigenvalue weighted by atomic mass is 32.1. The van der Waals surface area contributed by atoms with Gasteiger partial charge in [0.2, 0.25) is 0 Å². The Morgan fingerprint density at radius 1 is 1.19 bits per heavy atom. The molecule has 2 aromatic carbocycles. The lowest BCUT2D eigenvalue weighted by molar-refractivity contribution is -0.143. The lowest BCUT2D eigenvalue weighted by Gasteiger charge is -2.10. The van der Waals surface area contributed by atoms with Gasteiger partial charge in [0, 0.05) is 0 Å². The first-order valence-electron chi connectivity index (χ1n) is 8.90. The van der Waals surface area contributed by atoms with E-state index >= 15 is 0 Å². The predicted molar refractivity (Wildman–Crippen MR) is 105 cm³/mol. The number of halogens is 4. The first-order valence-corrected chi connectivity index (χ1v) is 9.71. The van der Waals surface area contributed by atoms with E-state index in [2.05, 4.69) is 20.6 Å². The van der Waals surface area contributed by atoms with Crippen molar-refractivity contribution >= 4 is 32.6 Å². The summed E-state index contributed by atoms with van der Waals surface area (Å²) in [7, 11) is 0. The predicted octanol–water partition coefficient (Wildman–Crippen LogP) is 4.69. The molecular formula is C19H13F4N5O2S. The van der Waals surface area contributed by atoms with E-state index in [0.29, 0.717) is 27.3 Å². The molecule has 0 saturated heterocycles. The summed E-state index contributed by atoms with van der Waals surface area (Å²) >= 11 is 1.08. The van der Waals surface area contributed by atoms with Crippen LogP contribution in [0.4, 0.5) is 22.7 Å². The number of nitrogens with one attached hydrogen (secondary N) is 1. The Labute approximate surface area is 176 Å². The number of ether oxygens (including phenoxy) is 1. The zero-order valence-corrected chi connectivity index (χ0v) is 16.6. The second-order valence-corrected chi connectivity index (χ2v) is 7.24. The number of amides is 1. The summed E-state index contributed by atoms with van der Waals surface area (Å²) in [5.74, 6) is -1.14. The summed E-state index contributed by atoms with van der Waals surface area (Å²) in [5.41, 5.74) is -1.85. The quantitative estimate of drug-likeness (QED) is 0.446. The standard InChI is InChI=1S/C19H13F4N5O2S/c1-2-30-12-7-8-13-14(9-12)31-18(24-13)25-17(29)15-16(19(21,22)23)28(27-26-15)11-5-3-10(20)4-6-11/h3-9H,2H2,1H3,(H,24,25,29). The van der Waals surface area contributed by atoms with E-state index in [1.165, 1.54) is 0 Å². The summed E-state index contributed by atoms with van der Waals surface area (Å²) in [6.45, 7) is 2.30. The van der Waals surface area contributed by atoms with Crippen LogP contribution in [0, 0.1) is 5.82 Å². The zero-order valence-electron chi connectivity index (χ0n) is 15.8. The Morgan fingerprint density at radius 2 is 1.94 bits per heavy atom. The molecule has 2 aromatic heterocycles. The van der Waals surface area contributed by atoms with Crippen molar-refractivity contribution in [3.05, 3.63) is 59.7 Å². The van der Waals surface area contributed by atoms with Gasteiger partial charge in [-0.05, 0) is 49.4 Å². The smallest absolute Gasteiger partial charge is 0.435 e. The largest absolute Gasteiger partial charge is 0.494 e. The number of hydrogen-bond acceptors (Lipinski definition) is 6. The van der Waals surface area contributed by atoms with Crippen LogP contribution < -0.4 is 10.1 Å². The lowest BCUT2D eigenvalue weighted by Crippen LogP contribution is -2.21. The van der Waals surface area contributed by atoms with Crippen LogP contribution in [0.25, 0.3) is 15.9 Å². The van der Waals surface area contributed by atoms with Crippen molar-refractivity contribution in [2.75, 3.05) is 11.9 Å². The Kier molecular flexibility index (Phi) is 5.31. The first kappa shape index (κ1) is 20.7. The van der Waals surface area contributed by atoms with E-state index in [4.69, 9.17) is 4.74 Å². The summed E-state index contributed by atoms with van der Waals surface area (Å²) < 4.78 is 60.8. The topological polar surface area (TPSA) is 81.9 Å². The number of nitrogens with zero attached hydrogens (tertiary/aromatic N) is 4. The molecule has 2 heterocycles. The minimum Gasteiger partial charge on any atom is -0.494 e. The van der Waals surface area contributed by atoms with Gasteiger partial charge in [-0.2, -0.15) is 13.2 Å². The van der Waals surface area contributed by atoms with Crippen LogP contribution >= 0.6 is 11.3 Å². The molecule has 0 radical (unpaired) electrons. The highest BCUT2D eigenvalue weighted by molar-refractivity contribution is 7.22. The van der Waals surface area contributed by atoms with Gasteiger partial charge in [-0.25, -0.2) is 14.1 Å². The minimum atomic E-state index is -4.94. The molecule has 0 atom stereocenters. The number of hydrogen-bond donors (Lipinski definition) is 1. The fourth-order valence-electron chi connectivity index (χ4n) is 2.82. The molecule has 12 heteroatoms. The second-order valence-electron chi connectivity index (χ2n) is 6.21. The number of carbonyl (C=O) groups is 1. The van der Waals surface area contributed by atoms with Gasteiger partial charge < -0.3 is 4.74 Å². The molecule has 0 spiro atoms. The van der Waals surface area contributed by atoms with Gasteiger partial charge in [0.1, 0.15) is 11.6 Å². The van der Waals surface area contributed by atoms with E-state index in [1.807, 2.05) is 6.92 Å². The molecule has 31 heavy (non-hydrogen) atoms. The van der Waals surface area contributed by atoms with Crippen molar-refractivity contribution < 1.29 is 27.1 Å². The fraction of sp³-hybridized carbons (Fsp3) is 0.158. The average molecular weight is 451 g/mol. The third-order valence-corrected chi connectivity index (χ3v) is 5.05. The molecule has 160 valence electrons. The minimum absolute atomic E-state index is 0.0938. The number of rotatable bonds is 5. The van der Waals surface area contributed by atoms with Crippen molar-refractivity contribution in [3.8, 4) is 11.4 Å². The summed E-state index contributed by atoms with van der Waals surface area (Å²) in [6, 6.07) is 9.27. The number of thiazole rings is 1. The van der Waals surface area contributed by atoms with Crippen molar-refractivity contribution in [2.45, 2.75) is 13.1 Å². The summed E-state index contributed by atoms with van der Waals surface area (Å²) in [6.07, 6.45) is -4.94. The van der Waals surface area contributed by atoms with E-state index in [0.717, 1.165) is 35.6 Å². The number of fused-ring (bicyclic) bond motifs is 1. The van der Waals surface area contributed by atoms with Gasteiger partial charge in [0.15, 0.2) is 16.5 Å². The second kappa shape index (κ2) is 7.95. The molecule has 0 saturated carbocycles. The van der Waals surface area contributed by atoms with Gasteiger partial charge in [0.05, 0.1) is 22.5 Å². The van der Waals surface area contributed by atoms with Gasteiger partial charge in [-0.15, -0.1) is 5.10 Å². The van der Waals surface area contributed by atoms with Crippen molar-refractivity contribution in [1.29, 1.82) is 0 Å².